The van der Waals surface area contributed by atoms with Crippen molar-refractivity contribution >= 4 is 11.6 Å². The zero-order valence-corrected chi connectivity index (χ0v) is 14.2. The first kappa shape index (κ1) is 16.5. The highest BCUT2D eigenvalue weighted by Gasteiger charge is 2.14. The number of hydrogen-bond donors (Lipinski definition) is 2. The van der Waals surface area contributed by atoms with Gasteiger partial charge >= 0.3 is 0 Å². The largest absolute Gasteiger partial charge is 0.492 e. The van der Waals surface area contributed by atoms with Crippen molar-refractivity contribution in [3.8, 4) is 5.75 Å². The number of carbonyl (C=O) groups is 1. The molecule has 0 saturated heterocycles. The van der Waals surface area contributed by atoms with Crippen molar-refractivity contribution in [3.05, 3.63) is 41.7 Å². The summed E-state index contributed by atoms with van der Waals surface area (Å²) in [4.78, 5) is 11.4. The van der Waals surface area contributed by atoms with Crippen LogP contribution in [0, 0.1) is 6.92 Å². The van der Waals surface area contributed by atoms with E-state index in [0.29, 0.717) is 19.1 Å². The molecule has 0 fully saturated rings. The van der Waals surface area contributed by atoms with Gasteiger partial charge in [0, 0.05) is 30.9 Å². The van der Waals surface area contributed by atoms with E-state index in [4.69, 9.17) is 4.74 Å². The molecule has 6 heteroatoms. The maximum Gasteiger partial charge on any atom is 0.224 e. The molecule has 1 aromatic heterocycles. The average Bonchev–Trinajstić information content (AvgIpc) is 2.96. The number of nitrogens with zero attached hydrogens (tertiary/aromatic N) is 2. The number of aromatic nitrogens is 2. The first-order chi connectivity index (χ1) is 11.6. The smallest absolute Gasteiger partial charge is 0.224 e. The molecular weight excluding hydrogens is 304 g/mol. The molecule has 2 N–H and O–H groups in total. The minimum absolute atomic E-state index is 0.0849. The second-order valence-corrected chi connectivity index (χ2v) is 6.31. The van der Waals surface area contributed by atoms with Crippen molar-refractivity contribution in [2.75, 3.05) is 18.5 Å². The van der Waals surface area contributed by atoms with Crippen LogP contribution in [-0.4, -0.2) is 34.9 Å². The Hall–Kier alpha value is -2.34. The SMILES string of the molecule is Cc1cnn(CC(C)NCCOc2ccc3c(c2)CCC(=O)N3)c1. The molecule has 3 rings (SSSR count). The predicted molar refractivity (Wildman–Crippen MR) is 93.3 cm³/mol. The monoisotopic (exact) mass is 328 g/mol. The lowest BCUT2D eigenvalue weighted by Gasteiger charge is -2.18. The van der Waals surface area contributed by atoms with Crippen LogP contribution in [0.25, 0.3) is 0 Å². The van der Waals surface area contributed by atoms with Gasteiger partial charge in [0.15, 0.2) is 0 Å². The maximum atomic E-state index is 11.4. The lowest BCUT2D eigenvalue weighted by Crippen LogP contribution is -2.33. The van der Waals surface area contributed by atoms with E-state index in [1.165, 1.54) is 5.56 Å². The molecular formula is C18H24N4O2. The van der Waals surface area contributed by atoms with Crippen molar-refractivity contribution in [2.24, 2.45) is 0 Å². The van der Waals surface area contributed by atoms with Gasteiger partial charge in [-0.1, -0.05) is 0 Å². The highest BCUT2D eigenvalue weighted by molar-refractivity contribution is 5.93. The summed E-state index contributed by atoms with van der Waals surface area (Å²) in [7, 11) is 0. The molecule has 1 unspecified atom stereocenters. The number of carbonyl (C=O) groups excluding carboxylic acids is 1. The summed E-state index contributed by atoms with van der Waals surface area (Å²) < 4.78 is 7.76. The van der Waals surface area contributed by atoms with Crippen LogP contribution in [0.1, 0.15) is 24.5 Å². The molecule has 0 radical (unpaired) electrons. The highest BCUT2D eigenvalue weighted by atomic mass is 16.5. The summed E-state index contributed by atoms with van der Waals surface area (Å²) in [6.45, 7) is 6.40. The molecule has 2 heterocycles. The second-order valence-electron chi connectivity index (χ2n) is 6.31. The summed E-state index contributed by atoms with van der Waals surface area (Å²) in [5, 5.41) is 10.6. The third-order valence-electron chi connectivity index (χ3n) is 4.06. The van der Waals surface area contributed by atoms with Gasteiger partial charge in [0.25, 0.3) is 0 Å². The van der Waals surface area contributed by atoms with E-state index >= 15 is 0 Å². The van der Waals surface area contributed by atoms with E-state index in [2.05, 4.69) is 22.7 Å². The van der Waals surface area contributed by atoms with Crippen LogP contribution in [0.3, 0.4) is 0 Å². The third-order valence-corrected chi connectivity index (χ3v) is 4.06. The summed E-state index contributed by atoms with van der Waals surface area (Å²) >= 11 is 0. The van der Waals surface area contributed by atoms with E-state index in [9.17, 15) is 4.79 Å². The van der Waals surface area contributed by atoms with Gasteiger partial charge < -0.3 is 15.4 Å². The fourth-order valence-corrected chi connectivity index (χ4v) is 2.84. The van der Waals surface area contributed by atoms with Crippen molar-refractivity contribution in [2.45, 2.75) is 39.3 Å². The number of hydrogen-bond acceptors (Lipinski definition) is 4. The first-order valence-corrected chi connectivity index (χ1v) is 8.38. The Bertz CT molecular complexity index is 711. The second kappa shape index (κ2) is 7.49. The molecule has 0 aliphatic carbocycles. The molecule has 24 heavy (non-hydrogen) atoms. The lowest BCUT2D eigenvalue weighted by molar-refractivity contribution is -0.116. The molecule has 1 aliphatic rings. The minimum Gasteiger partial charge on any atom is -0.492 e. The van der Waals surface area contributed by atoms with E-state index in [0.717, 1.165) is 36.5 Å². The van der Waals surface area contributed by atoms with E-state index < -0.39 is 0 Å². The molecule has 1 aromatic carbocycles. The number of benzene rings is 1. The Balaban J connectivity index is 1.41. The van der Waals surface area contributed by atoms with Gasteiger partial charge in [-0.2, -0.15) is 5.10 Å². The standard InChI is InChI=1S/C18H24N4O2/c1-13-10-20-22(11-13)12-14(2)19-7-8-24-16-4-5-17-15(9-16)3-6-18(23)21-17/h4-5,9-11,14,19H,3,6-8,12H2,1-2H3,(H,21,23). The number of aryl methyl sites for hydroxylation is 2. The van der Waals surface area contributed by atoms with E-state index in [1.54, 1.807) is 0 Å². The van der Waals surface area contributed by atoms with Crippen LogP contribution in [0.2, 0.25) is 0 Å². The van der Waals surface area contributed by atoms with Gasteiger partial charge in [0.2, 0.25) is 5.91 Å². The average molecular weight is 328 g/mol. The molecule has 128 valence electrons. The van der Waals surface area contributed by atoms with Gasteiger partial charge in [0.1, 0.15) is 12.4 Å². The van der Waals surface area contributed by atoms with Gasteiger partial charge in [-0.15, -0.1) is 0 Å². The van der Waals surface area contributed by atoms with Crippen LogP contribution in [0.15, 0.2) is 30.6 Å². The normalized spacial score (nSPS) is 14.8. The Morgan fingerprint density at radius 2 is 2.29 bits per heavy atom. The Kier molecular flexibility index (Phi) is 5.15. The van der Waals surface area contributed by atoms with Crippen molar-refractivity contribution in [3.63, 3.8) is 0 Å². The van der Waals surface area contributed by atoms with Crippen molar-refractivity contribution in [1.82, 2.24) is 15.1 Å². The molecule has 1 amide bonds. The van der Waals surface area contributed by atoms with Crippen molar-refractivity contribution < 1.29 is 9.53 Å². The summed E-state index contributed by atoms with van der Waals surface area (Å²) in [5.74, 6) is 0.934. The number of ether oxygens (including phenoxy) is 1. The zero-order valence-electron chi connectivity index (χ0n) is 14.2. The Morgan fingerprint density at radius 3 is 3.08 bits per heavy atom. The maximum absolute atomic E-state index is 11.4. The first-order valence-electron chi connectivity index (χ1n) is 8.38. The van der Waals surface area contributed by atoms with Crippen molar-refractivity contribution in [1.29, 1.82) is 0 Å². The Labute approximate surface area is 142 Å². The minimum atomic E-state index is 0.0849. The fourth-order valence-electron chi connectivity index (χ4n) is 2.84. The molecule has 1 aliphatic heterocycles. The quantitative estimate of drug-likeness (QED) is 0.764. The molecule has 0 bridgehead atoms. The molecule has 1 atom stereocenters. The van der Waals surface area contributed by atoms with E-state index in [1.807, 2.05) is 42.2 Å². The number of amides is 1. The number of nitrogens with one attached hydrogen (secondary N) is 2. The Morgan fingerprint density at radius 1 is 1.42 bits per heavy atom. The van der Waals surface area contributed by atoms with Crippen LogP contribution < -0.4 is 15.4 Å². The van der Waals surface area contributed by atoms with Gasteiger partial charge in [0.05, 0.1) is 12.7 Å². The summed E-state index contributed by atoms with van der Waals surface area (Å²) in [5.41, 5.74) is 3.22. The number of rotatable bonds is 7. The van der Waals surface area contributed by atoms with Crippen LogP contribution in [0.4, 0.5) is 5.69 Å². The molecule has 0 saturated carbocycles. The van der Waals surface area contributed by atoms with Crippen LogP contribution in [0.5, 0.6) is 5.75 Å². The molecule has 2 aromatic rings. The fraction of sp³-hybridized carbons (Fsp3) is 0.444. The topological polar surface area (TPSA) is 68.2 Å². The van der Waals surface area contributed by atoms with Gasteiger partial charge in [-0.3, -0.25) is 9.48 Å². The van der Waals surface area contributed by atoms with Gasteiger partial charge in [-0.25, -0.2) is 0 Å². The lowest BCUT2D eigenvalue weighted by atomic mass is 10.0. The number of anilines is 1. The summed E-state index contributed by atoms with van der Waals surface area (Å²) in [6.07, 6.45) is 5.23. The number of fused-ring (bicyclic) bond motifs is 1. The highest BCUT2D eigenvalue weighted by Crippen LogP contribution is 2.26. The summed E-state index contributed by atoms with van der Waals surface area (Å²) in [6, 6.07) is 6.16. The zero-order chi connectivity index (χ0) is 16.9. The van der Waals surface area contributed by atoms with Crippen LogP contribution in [-0.2, 0) is 17.8 Å². The van der Waals surface area contributed by atoms with Gasteiger partial charge in [-0.05, 0) is 49.6 Å². The van der Waals surface area contributed by atoms with Crippen LogP contribution >= 0.6 is 0 Å². The molecule has 6 nitrogen and oxygen atoms in total. The van der Waals surface area contributed by atoms with E-state index in [-0.39, 0.29) is 5.91 Å². The third kappa shape index (κ3) is 4.35. The molecule has 0 spiro atoms. The predicted octanol–water partition coefficient (Wildman–Crippen LogP) is 2.13.